The second kappa shape index (κ2) is 39.7. The van der Waals surface area contributed by atoms with Crippen molar-refractivity contribution in [3.8, 4) is 33.9 Å². The van der Waals surface area contributed by atoms with Gasteiger partial charge in [0.05, 0.1) is 89.8 Å². The number of sulfonamides is 2. The van der Waals surface area contributed by atoms with Crippen LogP contribution in [0.3, 0.4) is 0 Å². The third-order valence-electron chi connectivity index (χ3n) is 16.1. The Hall–Kier alpha value is -9.20. The van der Waals surface area contributed by atoms with E-state index >= 15 is 0 Å². The van der Waals surface area contributed by atoms with Crippen molar-refractivity contribution < 1.29 is 80.7 Å². The van der Waals surface area contributed by atoms with Crippen molar-refractivity contribution in [3.63, 3.8) is 0 Å². The Morgan fingerprint density at radius 1 is 0.505 bits per heavy atom. The Kier molecular flexibility index (Phi) is 31.8. The Labute approximate surface area is 586 Å². The van der Waals surface area contributed by atoms with Crippen LogP contribution in [0.4, 0.5) is 0 Å². The topological polar surface area (TPSA) is 458 Å². The van der Waals surface area contributed by atoms with E-state index < -0.39 is 55.9 Å². The van der Waals surface area contributed by atoms with Crippen LogP contribution in [0.25, 0.3) is 33.9 Å². The highest BCUT2D eigenvalue weighted by Gasteiger charge is 2.28. The van der Waals surface area contributed by atoms with Gasteiger partial charge < -0.3 is 46.8 Å². The van der Waals surface area contributed by atoms with Crippen LogP contribution in [0.2, 0.25) is 0 Å². The van der Waals surface area contributed by atoms with Gasteiger partial charge in [-0.25, -0.2) is 36.5 Å². The summed E-state index contributed by atoms with van der Waals surface area (Å²) in [5, 5.41) is 78.7. The molecule has 1 aliphatic heterocycles. The summed E-state index contributed by atoms with van der Waals surface area (Å²) in [5.41, 5.74) is 8.11. The van der Waals surface area contributed by atoms with Gasteiger partial charge in [0.2, 0.25) is 31.9 Å². The van der Waals surface area contributed by atoms with Crippen molar-refractivity contribution in [3.05, 3.63) is 132 Å². The van der Waals surface area contributed by atoms with Gasteiger partial charge in [-0.1, -0.05) is 59.7 Å². The lowest BCUT2D eigenvalue weighted by molar-refractivity contribution is -0.145. The number of hydrogen-bond donors (Lipinski definition) is 11. The number of primary sulfonamides is 2. The molecule has 548 valence electrons. The number of benzene rings is 4. The average Bonchev–Trinajstić information content (AvgIpc) is 1.67. The second-order valence-electron chi connectivity index (χ2n) is 24.5. The normalized spacial score (nSPS) is 14.2. The number of nitrogens with two attached hydrogens (primary N) is 2. The maximum absolute atomic E-state index is 12.7. The Morgan fingerprint density at radius 2 is 0.881 bits per heavy atom. The van der Waals surface area contributed by atoms with Crippen LogP contribution in [0.5, 0.6) is 0 Å². The number of aryl methyl sites for hydroxylation is 2. The van der Waals surface area contributed by atoms with Gasteiger partial charge in [-0.2, -0.15) is 10.2 Å². The molecule has 2 aromatic heterocycles. The van der Waals surface area contributed by atoms with Crippen molar-refractivity contribution in [2.24, 2.45) is 10.3 Å². The first-order valence-corrected chi connectivity index (χ1v) is 35.8. The molecule has 2 amide bonds. The molecule has 13 N–H and O–H groups in total. The average molecular weight is 1440 g/mol. The standard InChI is InChI=1S/C40H57N9O10S.C27H34N6O7S/c1-29-6-8-31(9-7-29)36-23-32(44-49(36)33-10-12-34(13-11-33)60(41,58)59)24-42-25-37(51)43-14-4-3-5-35(40(56)57)48-21-19-45(26-30(2)50)15-16-46(27-38(52)53)17-18-47(20-22-48)28-39(54)55;1-19-4-6-20(7-5-19)24-14-21(31-33(24)22-8-10-23(11-9-22)41(28,39)40)15-29-16-25(34)30-12-2-3-13-32(17-26(35)36)18-27(37)38/h6-13,23,35,42H,3-5,14-22,24-28H2,1-2H3,(H,43,51)(H,52,53)(H,54,55)(H,56,57)(H2,41,58,59);4-11,14,29H,2-3,12-13,15-18H2,1H3,(H,30,34)(H,35,36)(H,37,38)(H2,28,39,40). The molecule has 1 saturated heterocycles. The minimum Gasteiger partial charge on any atom is -0.480 e. The molecule has 1 fully saturated rings. The van der Waals surface area contributed by atoms with E-state index in [-0.39, 0.29) is 106 Å². The largest absolute Gasteiger partial charge is 0.480 e. The molecule has 0 saturated carbocycles. The zero-order valence-electron chi connectivity index (χ0n) is 56.8. The van der Waals surface area contributed by atoms with Gasteiger partial charge in [0, 0.05) is 89.7 Å². The summed E-state index contributed by atoms with van der Waals surface area (Å²) in [6.45, 7) is 8.34. The Balaban J connectivity index is 0.000000341. The van der Waals surface area contributed by atoms with Crippen LogP contribution in [0, 0.1) is 13.8 Å². The van der Waals surface area contributed by atoms with E-state index in [2.05, 4.69) is 26.4 Å². The number of carbonyl (C=O) groups is 8. The predicted octanol–water partition coefficient (Wildman–Crippen LogP) is 1.26. The van der Waals surface area contributed by atoms with Crippen molar-refractivity contribution >= 4 is 67.5 Å². The highest BCUT2D eigenvalue weighted by Crippen LogP contribution is 2.27. The number of ketones is 1. The summed E-state index contributed by atoms with van der Waals surface area (Å²) in [6.07, 6.45) is 2.37. The number of unbranched alkanes of at least 4 members (excludes halogenated alkanes) is 2. The highest BCUT2D eigenvalue weighted by molar-refractivity contribution is 7.89. The number of rotatable bonds is 36. The second-order valence-corrected chi connectivity index (χ2v) is 27.6. The maximum atomic E-state index is 12.7. The highest BCUT2D eigenvalue weighted by atomic mass is 32.2. The van der Waals surface area contributed by atoms with E-state index in [9.17, 15) is 70.5 Å². The minimum absolute atomic E-state index is 0.00101. The minimum atomic E-state index is -3.87. The maximum Gasteiger partial charge on any atom is 0.320 e. The molecular weight excluding hydrogens is 1350 g/mol. The van der Waals surface area contributed by atoms with Crippen LogP contribution in [-0.4, -0.2) is 258 Å². The summed E-state index contributed by atoms with van der Waals surface area (Å²) < 4.78 is 50.3. The van der Waals surface area contributed by atoms with E-state index in [0.717, 1.165) is 33.6 Å². The van der Waals surface area contributed by atoms with Crippen molar-refractivity contribution in [1.82, 2.24) is 65.3 Å². The van der Waals surface area contributed by atoms with Crippen LogP contribution in [0.15, 0.2) is 119 Å². The number of carboxylic acids is 5. The molecule has 1 aliphatic rings. The van der Waals surface area contributed by atoms with Gasteiger partial charge in [-0.3, -0.25) is 62.9 Å². The molecule has 101 heavy (non-hydrogen) atoms. The Morgan fingerprint density at radius 3 is 1.24 bits per heavy atom. The third kappa shape index (κ3) is 28.4. The number of hydrogen-bond acceptors (Lipinski definition) is 21. The molecule has 1 atom stereocenters. The van der Waals surface area contributed by atoms with Gasteiger partial charge in [0.25, 0.3) is 0 Å². The van der Waals surface area contributed by atoms with E-state index in [0.29, 0.717) is 107 Å². The van der Waals surface area contributed by atoms with Crippen molar-refractivity contribution in [2.75, 3.05) is 118 Å². The molecule has 0 radical (unpaired) electrons. The smallest absolute Gasteiger partial charge is 0.320 e. The number of Topliss-reactive ketones (excluding diaryl/α,β-unsaturated/α-hetero) is 1. The van der Waals surface area contributed by atoms with E-state index in [1.165, 1.54) is 36.1 Å². The fraction of sp³-hybridized carbons (Fsp3) is 0.433. The molecule has 0 aliphatic carbocycles. The van der Waals surface area contributed by atoms with E-state index in [4.69, 9.17) is 25.6 Å². The zero-order chi connectivity index (χ0) is 73.8. The molecule has 32 nitrogen and oxygen atoms in total. The molecule has 34 heteroatoms. The number of nitrogens with zero attached hydrogens (tertiary/aromatic N) is 9. The molecule has 3 heterocycles. The summed E-state index contributed by atoms with van der Waals surface area (Å²) in [4.78, 5) is 103. The number of aliphatic carboxylic acids is 5. The monoisotopic (exact) mass is 1440 g/mol. The Bertz CT molecular complexity index is 3940. The van der Waals surface area contributed by atoms with Crippen molar-refractivity contribution in [1.29, 1.82) is 0 Å². The fourth-order valence-electron chi connectivity index (χ4n) is 11.0. The number of nitrogens with one attached hydrogen (secondary N) is 4. The lowest BCUT2D eigenvalue weighted by Crippen LogP contribution is -2.51. The van der Waals surface area contributed by atoms with Crippen LogP contribution in [-0.2, 0) is 71.5 Å². The van der Waals surface area contributed by atoms with Gasteiger partial charge >= 0.3 is 29.8 Å². The number of carbonyl (C=O) groups excluding carboxylic acids is 3. The third-order valence-corrected chi connectivity index (χ3v) is 18.0. The van der Waals surface area contributed by atoms with E-state index in [1.807, 2.05) is 79.4 Å². The first-order chi connectivity index (χ1) is 47.9. The molecule has 6 aromatic rings. The van der Waals surface area contributed by atoms with Crippen LogP contribution < -0.4 is 31.5 Å². The summed E-state index contributed by atoms with van der Waals surface area (Å²) in [7, 11) is -7.70. The first kappa shape index (κ1) is 80.8. The number of aromatic nitrogens is 4. The number of amides is 2. The molecule has 7 rings (SSSR count). The van der Waals surface area contributed by atoms with Gasteiger partial charge in [-0.15, -0.1) is 0 Å². The van der Waals surface area contributed by atoms with Gasteiger partial charge in [-0.05, 0) is 120 Å². The SMILES string of the molecule is CC(=O)CN1CCN(CC(=O)O)CCN(CC(=O)O)CCN(C(CCCCNC(=O)CNCc2cc(-c3ccc(C)cc3)n(-c3ccc(S(N)(=O)=O)cc3)n2)C(=O)O)CC1.Cc1ccc(-c2cc(CNCC(=O)NCCCCN(CC(=O)O)CC(=O)O)nn2-c2ccc(S(N)(=O)=O)cc2)cc1. The molecule has 4 aromatic carbocycles. The summed E-state index contributed by atoms with van der Waals surface area (Å²) in [5.74, 6) is -5.84. The summed E-state index contributed by atoms with van der Waals surface area (Å²) >= 11 is 0. The van der Waals surface area contributed by atoms with Crippen LogP contribution >= 0.6 is 0 Å². The van der Waals surface area contributed by atoms with Gasteiger partial charge in [0.1, 0.15) is 11.8 Å². The fourth-order valence-corrected chi connectivity index (χ4v) is 12.1. The molecule has 0 spiro atoms. The lowest BCUT2D eigenvalue weighted by atomic mass is 10.1. The van der Waals surface area contributed by atoms with E-state index in [1.54, 1.807) is 48.3 Å². The lowest BCUT2D eigenvalue weighted by Gasteiger charge is -2.35. The molecule has 1 unspecified atom stereocenters. The first-order valence-electron chi connectivity index (χ1n) is 32.7. The van der Waals surface area contributed by atoms with Crippen LogP contribution in [0.1, 0.15) is 61.5 Å². The van der Waals surface area contributed by atoms with Gasteiger partial charge in [0.15, 0.2) is 0 Å². The predicted molar refractivity (Wildman–Crippen MR) is 373 cm³/mol. The molecular formula is C67H91N15O17S2. The van der Waals surface area contributed by atoms with Crippen molar-refractivity contribution in [2.45, 2.75) is 81.8 Å². The summed E-state index contributed by atoms with van der Waals surface area (Å²) in [6, 6.07) is 30.8. The zero-order valence-corrected chi connectivity index (χ0v) is 58.4. The molecule has 0 bridgehead atoms. The number of carboxylic acid groups (broad SMARTS) is 5. The quantitative estimate of drug-likeness (QED) is 0.0247.